The summed E-state index contributed by atoms with van der Waals surface area (Å²) in [7, 11) is 0. The average molecular weight is 391 g/mol. The number of nitrogens with zero attached hydrogens (tertiary/aromatic N) is 1. The third-order valence-corrected chi connectivity index (χ3v) is 4.60. The van der Waals surface area contributed by atoms with Crippen LogP contribution in [0.25, 0.3) is 0 Å². The van der Waals surface area contributed by atoms with Gasteiger partial charge in [-0.05, 0) is 42.0 Å². The maximum absolute atomic E-state index is 13.0. The van der Waals surface area contributed by atoms with E-state index in [2.05, 4.69) is 5.32 Å². The predicted octanol–water partition coefficient (Wildman–Crippen LogP) is 3.02. The quantitative estimate of drug-likeness (QED) is 0.790. The summed E-state index contributed by atoms with van der Waals surface area (Å²) in [4.78, 5) is 25.8. The van der Waals surface area contributed by atoms with Gasteiger partial charge in [-0.2, -0.15) is 0 Å². The summed E-state index contributed by atoms with van der Waals surface area (Å²) in [6, 6.07) is 12.9. The molecule has 5 nitrogen and oxygen atoms in total. The van der Waals surface area contributed by atoms with Crippen LogP contribution in [-0.2, 0) is 16.1 Å². The molecule has 0 radical (unpaired) electrons. The Morgan fingerprint density at radius 2 is 1.89 bits per heavy atom. The molecule has 142 valence electrons. The van der Waals surface area contributed by atoms with Crippen molar-refractivity contribution < 1.29 is 18.7 Å². The van der Waals surface area contributed by atoms with Gasteiger partial charge in [-0.25, -0.2) is 4.39 Å². The average Bonchev–Trinajstić information content (AvgIpc) is 3.01. The summed E-state index contributed by atoms with van der Waals surface area (Å²) in [5.41, 5.74) is 0.880. The van der Waals surface area contributed by atoms with Crippen molar-refractivity contribution >= 4 is 23.4 Å². The number of ether oxygens (including phenoxy) is 1. The number of amides is 2. The number of carbonyl (C=O) groups is 2. The lowest BCUT2D eigenvalue weighted by Gasteiger charge is -2.17. The molecule has 1 atom stereocenters. The molecule has 0 saturated carbocycles. The Labute approximate surface area is 162 Å². The SMILES string of the molecule is O=C(COc1ccc(Cl)cc1)NCC1CC(=O)N(Cc2ccc(F)cc2)C1. The van der Waals surface area contributed by atoms with Gasteiger partial charge in [0, 0.05) is 37.0 Å². The van der Waals surface area contributed by atoms with Crippen molar-refractivity contribution in [1.82, 2.24) is 10.2 Å². The second-order valence-corrected chi connectivity index (χ2v) is 6.95. The number of hydrogen-bond donors (Lipinski definition) is 1. The van der Waals surface area contributed by atoms with E-state index in [1.54, 1.807) is 41.3 Å². The van der Waals surface area contributed by atoms with Gasteiger partial charge in [0.05, 0.1) is 0 Å². The molecule has 1 N–H and O–H groups in total. The molecule has 1 saturated heterocycles. The highest BCUT2D eigenvalue weighted by atomic mass is 35.5. The molecule has 1 aliphatic heterocycles. The lowest BCUT2D eigenvalue weighted by Crippen LogP contribution is -2.34. The Morgan fingerprint density at radius 3 is 2.59 bits per heavy atom. The number of halogens is 2. The number of hydrogen-bond acceptors (Lipinski definition) is 3. The number of nitrogens with one attached hydrogen (secondary N) is 1. The van der Waals surface area contributed by atoms with Crippen LogP contribution in [0.2, 0.25) is 5.02 Å². The van der Waals surface area contributed by atoms with E-state index in [1.165, 1.54) is 12.1 Å². The first kappa shape index (κ1) is 19.2. The van der Waals surface area contributed by atoms with E-state index < -0.39 is 0 Å². The molecule has 1 heterocycles. The fraction of sp³-hybridized carbons (Fsp3) is 0.300. The zero-order valence-electron chi connectivity index (χ0n) is 14.7. The van der Waals surface area contributed by atoms with Crippen LogP contribution in [0, 0.1) is 11.7 Å². The molecule has 0 bridgehead atoms. The fourth-order valence-electron chi connectivity index (χ4n) is 2.94. The monoisotopic (exact) mass is 390 g/mol. The minimum absolute atomic E-state index is 0.0380. The van der Waals surface area contributed by atoms with E-state index in [4.69, 9.17) is 16.3 Å². The maximum atomic E-state index is 13.0. The molecule has 0 aromatic heterocycles. The Bertz CT molecular complexity index is 796. The predicted molar refractivity (Wildman–Crippen MR) is 99.9 cm³/mol. The third kappa shape index (κ3) is 5.69. The normalized spacial score (nSPS) is 16.4. The van der Waals surface area contributed by atoms with Crippen LogP contribution in [0.5, 0.6) is 5.75 Å². The Morgan fingerprint density at radius 1 is 1.19 bits per heavy atom. The summed E-state index contributed by atoms with van der Waals surface area (Å²) in [6.07, 6.45) is 0.388. The number of carbonyl (C=O) groups excluding carboxylic acids is 2. The van der Waals surface area contributed by atoms with Crippen LogP contribution >= 0.6 is 11.6 Å². The highest BCUT2D eigenvalue weighted by molar-refractivity contribution is 6.30. The molecule has 1 aliphatic rings. The van der Waals surface area contributed by atoms with E-state index in [0.717, 1.165) is 5.56 Å². The van der Waals surface area contributed by atoms with Crippen molar-refractivity contribution in [1.29, 1.82) is 0 Å². The van der Waals surface area contributed by atoms with E-state index in [1.807, 2.05) is 0 Å². The third-order valence-electron chi connectivity index (χ3n) is 4.35. The van der Waals surface area contributed by atoms with E-state index in [9.17, 15) is 14.0 Å². The Kier molecular flexibility index (Phi) is 6.29. The van der Waals surface area contributed by atoms with Crippen molar-refractivity contribution in [2.45, 2.75) is 13.0 Å². The van der Waals surface area contributed by atoms with Crippen LogP contribution < -0.4 is 10.1 Å². The molecule has 0 spiro atoms. The van der Waals surface area contributed by atoms with Crippen LogP contribution in [0.4, 0.5) is 4.39 Å². The van der Waals surface area contributed by atoms with Crippen LogP contribution in [0.1, 0.15) is 12.0 Å². The molecule has 2 aromatic carbocycles. The highest BCUT2D eigenvalue weighted by Crippen LogP contribution is 2.20. The standard InChI is InChI=1S/C20H20ClFN2O3/c21-16-3-7-18(8-4-16)27-13-19(25)23-10-15-9-20(26)24(12-15)11-14-1-5-17(22)6-2-14/h1-8,15H,9-13H2,(H,23,25). The van der Waals surface area contributed by atoms with Crippen LogP contribution in [0.3, 0.4) is 0 Å². The Hall–Kier alpha value is -2.60. The molecule has 1 unspecified atom stereocenters. The zero-order chi connectivity index (χ0) is 19.2. The van der Waals surface area contributed by atoms with Gasteiger partial charge in [-0.3, -0.25) is 9.59 Å². The van der Waals surface area contributed by atoms with Crippen molar-refractivity contribution in [2.24, 2.45) is 5.92 Å². The molecule has 27 heavy (non-hydrogen) atoms. The smallest absolute Gasteiger partial charge is 0.257 e. The lowest BCUT2D eigenvalue weighted by molar-refractivity contribution is -0.128. The summed E-state index contributed by atoms with van der Waals surface area (Å²) in [5, 5.41) is 3.40. The number of likely N-dealkylation sites (tertiary alicyclic amines) is 1. The van der Waals surface area contributed by atoms with Crippen molar-refractivity contribution in [3.05, 3.63) is 64.9 Å². The first-order valence-electron chi connectivity index (χ1n) is 8.67. The molecule has 2 amide bonds. The first-order valence-corrected chi connectivity index (χ1v) is 9.04. The van der Waals surface area contributed by atoms with E-state index in [0.29, 0.717) is 36.8 Å². The van der Waals surface area contributed by atoms with Gasteiger partial charge in [0.25, 0.3) is 5.91 Å². The van der Waals surface area contributed by atoms with Gasteiger partial charge in [0.1, 0.15) is 11.6 Å². The topological polar surface area (TPSA) is 58.6 Å². The van der Waals surface area contributed by atoms with Gasteiger partial charge < -0.3 is 15.0 Å². The first-order chi connectivity index (χ1) is 13.0. The minimum atomic E-state index is -0.298. The molecule has 2 aromatic rings. The van der Waals surface area contributed by atoms with Gasteiger partial charge in [-0.1, -0.05) is 23.7 Å². The van der Waals surface area contributed by atoms with Crippen molar-refractivity contribution in [3.63, 3.8) is 0 Å². The van der Waals surface area contributed by atoms with Gasteiger partial charge in [-0.15, -0.1) is 0 Å². The zero-order valence-corrected chi connectivity index (χ0v) is 15.4. The van der Waals surface area contributed by atoms with Gasteiger partial charge >= 0.3 is 0 Å². The second kappa shape index (κ2) is 8.86. The summed E-state index contributed by atoms with van der Waals surface area (Å²) >= 11 is 5.80. The van der Waals surface area contributed by atoms with Crippen LogP contribution in [0.15, 0.2) is 48.5 Å². The molecule has 1 fully saturated rings. The van der Waals surface area contributed by atoms with Crippen molar-refractivity contribution in [3.8, 4) is 5.75 Å². The highest BCUT2D eigenvalue weighted by Gasteiger charge is 2.29. The van der Waals surface area contributed by atoms with E-state index in [-0.39, 0.29) is 30.2 Å². The molecular weight excluding hydrogens is 371 g/mol. The summed E-state index contributed by atoms with van der Waals surface area (Å²) < 4.78 is 18.4. The maximum Gasteiger partial charge on any atom is 0.257 e. The second-order valence-electron chi connectivity index (χ2n) is 6.52. The molecule has 0 aliphatic carbocycles. The number of rotatable bonds is 7. The summed E-state index contributed by atoms with van der Waals surface area (Å²) in [6.45, 7) is 1.33. The van der Waals surface area contributed by atoms with Crippen molar-refractivity contribution in [2.75, 3.05) is 19.7 Å². The van der Waals surface area contributed by atoms with E-state index >= 15 is 0 Å². The van der Waals surface area contributed by atoms with Crippen LogP contribution in [-0.4, -0.2) is 36.4 Å². The van der Waals surface area contributed by atoms with Gasteiger partial charge in [0.15, 0.2) is 6.61 Å². The van der Waals surface area contributed by atoms with Gasteiger partial charge in [0.2, 0.25) is 5.91 Å². The Balaban J connectivity index is 1.40. The molecule has 3 rings (SSSR count). The lowest BCUT2D eigenvalue weighted by atomic mass is 10.1. The minimum Gasteiger partial charge on any atom is -0.484 e. The molecule has 7 heteroatoms. The number of benzene rings is 2. The fourth-order valence-corrected chi connectivity index (χ4v) is 3.07. The summed E-state index contributed by atoms with van der Waals surface area (Å²) in [5.74, 6) is 0.117. The largest absolute Gasteiger partial charge is 0.484 e. The molecular formula is C20H20ClFN2O3.